The van der Waals surface area contributed by atoms with Gasteiger partial charge in [-0.05, 0) is 73.7 Å². The van der Waals surface area contributed by atoms with E-state index >= 15 is 0 Å². The third kappa shape index (κ3) is 4.90. The van der Waals surface area contributed by atoms with Crippen LogP contribution in [0.25, 0.3) is 10.9 Å². The van der Waals surface area contributed by atoms with E-state index in [1.54, 1.807) is 0 Å². The maximum absolute atomic E-state index is 12.7. The normalized spacial score (nSPS) is 14.4. The van der Waals surface area contributed by atoms with Crippen LogP contribution in [0, 0.1) is 12.8 Å². The zero-order chi connectivity index (χ0) is 22.7. The molecule has 6 heteroatoms. The van der Waals surface area contributed by atoms with Crippen LogP contribution in [0.15, 0.2) is 48.5 Å². The van der Waals surface area contributed by atoms with Crippen LogP contribution in [0.1, 0.15) is 37.8 Å². The van der Waals surface area contributed by atoms with Crippen molar-refractivity contribution in [1.29, 1.82) is 0 Å². The van der Waals surface area contributed by atoms with Crippen LogP contribution in [0.5, 0.6) is 0 Å². The number of nitrogens with zero attached hydrogens (tertiary/aromatic N) is 2. The van der Waals surface area contributed by atoms with E-state index in [0.29, 0.717) is 0 Å². The molecule has 2 amide bonds. The fourth-order valence-corrected chi connectivity index (χ4v) is 4.26. The smallest absolute Gasteiger partial charge is 0.227 e. The van der Waals surface area contributed by atoms with Gasteiger partial charge in [0.15, 0.2) is 0 Å². The Morgan fingerprint density at radius 1 is 1.00 bits per heavy atom. The molecule has 0 bridgehead atoms. The number of hydrogen-bond donors (Lipinski definition) is 2. The van der Waals surface area contributed by atoms with Crippen LogP contribution < -0.4 is 15.5 Å². The van der Waals surface area contributed by atoms with E-state index in [2.05, 4.69) is 47.6 Å². The van der Waals surface area contributed by atoms with Gasteiger partial charge in [0.1, 0.15) is 5.82 Å². The molecule has 0 spiro atoms. The van der Waals surface area contributed by atoms with Gasteiger partial charge >= 0.3 is 0 Å². The first kappa shape index (κ1) is 21.8. The van der Waals surface area contributed by atoms with Crippen LogP contribution in [0.4, 0.5) is 17.2 Å². The van der Waals surface area contributed by atoms with Crippen molar-refractivity contribution in [2.75, 3.05) is 28.6 Å². The number of fused-ring (bicyclic) bond motifs is 1. The average molecular weight is 431 g/mol. The van der Waals surface area contributed by atoms with Crippen molar-refractivity contribution in [2.45, 2.75) is 40.0 Å². The Kier molecular flexibility index (Phi) is 6.40. The van der Waals surface area contributed by atoms with Crippen LogP contribution in [0.2, 0.25) is 0 Å². The molecule has 1 fully saturated rings. The summed E-state index contributed by atoms with van der Waals surface area (Å²) in [6.45, 7) is 7.29. The highest BCUT2D eigenvalue weighted by Gasteiger charge is 2.26. The molecule has 4 rings (SSSR count). The molecule has 0 unspecified atom stereocenters. The number of carbonyl (C=O) groups is 2. The van der Waals surface area contributed by atoms with Gasteiger partial charge in [0.25, 0.3) is 0 Å². The van der Waals surface area contributed by atoms with Gasteiger partial charge in [0.2, 0.25) is 11.8 Å². The molecular weight excluding hydrogens is 400 g/mol. The summed E-state index contributed by atoms with van der Waals surface area (Å²) in [4.78, 5) is 31.2. The van der Waals surface area contributed by atoms with Crippen molar-refractivity contribution in [3.8, 4) is 0 Å². The van der Waals surface area contributed by atoms with Crippen molar-refractivity contribution in [1.82, 2.24) is 4.98 Å². The second-order valence-corrected chi connectivity index (χ2v) is 8.51. The summed E-state index contributed by atoms with van der Waals surface area (Å²) in [6.07, 6.45) is 2.60. The highest BCUT2D eigenvalue weighted by molar-refractivity contribution is 5.94. The summed E-state index contributed by atoms with van der Waals surface area (Å²) < 4.78 is 0. The second-order valence-electron chi connectivity index (χ2n) is 8.51. The molecule has 0 atom stereocenters. The van der Waals surface area contributed by atoms with Gasteiger partial charge in [-0.2, -0.15) is 0 Å². The second kappa shape index (κ2) is 9.39. The first-order valence-electron chi connectivity index (χ1n) is 11.3. The summed E-state index contributed by atoms with van der Waals surface area (Å²) in [7, 11) is 0. The van der Waals surface area contributed by atoms with Crippen LogP contribution in [-0.4, -0.2) is 29.9 Å². The fraction of sp³-hybridized carbons (Fsp3) is 0.346. The van der Waals surface area contributed by atoms with Crippen LogP contribution in [0.3, 0.4) is 0 Å². The maximum atomic E-state index is 12.7. The van der Waals surface area contributed by atoms with Gasteiger partial charge in [-0.15, -0.1) is 0 Å². The number of carbonyl (C=O) groups excluding carboxylic acids is 2. The molecule has 166 valence electrons. The molecule has 2 N–H and O–H groups in total. The zero-order valence-electron chi connectivity index (χ0n) is 18.9. The first-order valence-corrected chi connectivity index (χ1v) is 11.3. The minimum absolute atomic E-state index is 0.0128. The van der Waals surface area contributed by atoms with E-state index in [-0.39, 0.29) is 17.7 Å². The van der Waals surface area contributed by atoms with Gasteiger partial charge in [0, 0.05) is 42.7 Å². The molecule has 1 aliphatic heterocycles. The Morgan fingerprint density at radius 2 is 1.69 bits per heavy atom. The number of benzene rings is 2. The highest BCUT2D eigenvalue weighted by Crippen LogP contribution is 2.28. The summed E-state index contributed by atoms with van der Waals surface area (Å²) in [5.74, 6) is 0.966. The zero-order valence-corrected chi connectivity index (χ0v) is 18.9. The Morgan fingerprint density at radius 3 is 2.34 bits per heavy atom. The van der Waals surface area contributed by atoms with Gasteiger partial charge in [0.05, 0.1) is 5.52 Å². The van der Waals surface area contributed by atoms with Crippen LogP contribution >= 0.6 is 0 Å². The number of aryl methyl sites for hydroxylation is 2. The predicted octanol–water partition coefficient (Wildman–Crippen LogP) is 4.92. The predicted molar refractivity (Wildman–Crippen MR) is 130 cm³/mol. The monoisotopic (exact) mass is 430 g/mol. The Balaban J connectivity index is 1.40. The number of rotatable bonds is 5. The topological polar surface area (TPSA) is 74.3 Å². The lowest BCUT2D eigenvalue weighted by molar-refractivity contribution is -0.120. The standard InChI is InChI=1S/C26H30N4O2/c1-4-19-5-7-21(8-6-19)28-26(32)20-11-13-30(14-12-20)25-15-17(2)23-16-22(27-18(3)31)9-10-24(23)29-25/h5-10,15-16,20H,4,11-14H2,1-3H3,(H,27,31)(H,28,32). The SMILES string of the molecule is CCc1ccc(NC(=O)C2CCN(c3cc(C)c4cc(NC(C)=O)ccc4n3)CC2)cc1. The Labute approximate surface area is 189 Å². The number of anilines is 3. The summed E-state index contributed by atoms with van der Waals surface area (Å²) >= 11 is 0. The van der Waals surface area contributed by atoms with E-state index in [1.165, 1.54) is 12.5 Å². The van der Waals surface area contributed by atoms with Crippen LogP contribution in [-0.2, 0) is 16.0 Å². The minimum Gasteiger partial charge on any atom is -0.357 e. The molecule has 1 aliphatic rings. The molecule has 2 aromatic carbocycles. The number of pyridine rings is 1. The van der Waals surface area contributed by atoms with E-state index in [4.69, 9.17) is 4.98 Å². The number of aromatic nitrogens is 1. The summed E-state index contributed by atoms with van der Waals surface area (Å²) in [6, 6.07) is 16.0. The minimum atomic E-state index is -0.0866. The van der Waals surface area contributed by atoms with Crippen molar-refractivity contribution < 1.29 is 9.59 Å². The third-order valence-electron chi connectivity index (χ3n) is 6.14. The van der Waals surface area contributed by atoms with Crippen molar-refractivity contribution in [3.63, 3.8) is 0 Å². The number of amides is 2. The van der Waals surface area contributed by atoms with Gasteiger partial charge in [-0.3, -0.25) is 9.59 Å². The van der Waals surface area contributed by atoms with Crippen molar-refractivity contribution in [3.05, 3.63) is 59.7 Å². The molecular formula is C26H30N4O2. The number of piperidine rings is 1. The van der Waals surface area contributed by atoms with E-state index in [1.807, 2.05) is 30.3 Å². The quantitative estimate of drug-likeness (QED) is 0.603. The maximum Gasteiger partial charge on any atom is 0.227 e. The summed E-state index contributed by atoms with van der Waals surface area (Å²) in [5, 5.41) is 6.92. The lowest BCUT2D eigenvalue weighted by Crippen LogP contribution is -2.38. The molecule has 1 saturated heterocycles. The molecule has 1 aromatic heterocycles. The largest absolute Gasteiger partial charge is 0.357 e. The number of nitrogens with one attached hydrogen (secondary N) is 2. The number of hydrogen-bond acceptors (Lipinski definition) is 4. The van der Waals surface area contributed by atoms with Crippen molar-refractivity contribution >= 4 is 39.9 Å². The van der Waals surface area contributed by atoms with E-state index < -0.39 is 0 Å². The molecule has 0 saturated carbocycles. The molecule has 0 aliphatic carbocycles. The third-order valence-corrected chi connectivity index (χ3v) is 6.14. The molecule has 3 aromatic rings. The highest BCUT2D eigenvalue weighted by atomic mass is 16.2. The Bertz CT molecular complexity index is 1130. The first-order chi connectivity index (χ1) is 15.4. The molecule has 0 radical (unpaired) electrons. The lowest BCUT2D eigenvalue weighted by atomic mass is 9.95. The molecule has 32 heavy (non-hydrogen) atoms. The lowest BCUT2D eigenvalue weighted by Gasteiger charge is -2.32. The van der Waals surface area contributed by atoms with Gasteiger partial charge in [-0.1, -0.05) is 19.1 Å². The van der Waals surface area contributed by atoms with Gasteiger partial charge < -0.3 is 15.5 Å². The fourth-order valence-electron chi connectivity index (χ4n) is 4.26. The van der Waals surface area contributed by atoms with E-state index in [9.17, 15) is 9.59 Å². The van der Waals surface area contributed by atoms with Crippen molar-refractivity contribution in [2.24, 2.45) is 5.92 Å². The van der Waals surface area contributed by atoms with Gasteiger partial charge in [-0.25, -0.2) is 4.98 Å². The average Bonchev–Trinajstić information content (AvgIpc) is 2.79. The molecule has 6 nitrogen and oxygen atoms in total. The molecule has 2 heterocycles. The Hall–Kier alpha value is -3.41. The van der Waals surface area contributed by atoms with E-state index in [0.717, 1.165) is 66.0 Å². The summed E-state index contributed by atoms with van der Waals surface area (Å²) in [5.41, 5.74) is 4.93.